The molecule has 22 heavy (non-hydrogen) atoms. The summed E-state index contributed by atoms with van der Waals surface area (Å²) in [7, 11) is 0. The van der Waals surface area contributed by atoms with Crippen LogP contribution in [0.5, 0.6) is 0 Å². The lowest BCUT2D eigenvalue weighted by Gasteiger charge is -2.24. The van der Waals surface area contributed by atoms with E-state index in [9.17, 15) is 14.0 Å². The van der Waals surface area contributed by atoms with Gasteiger partial charge in [0.1, 0.15) is 11.4 Å². The summed E-state index contributed by atoms with van der Waals surface area (Å²) < 4.78 is 18.4. The maximum atomic E-state index is 13.2. The quantitative estimate of drug-likeness (QED) is 0.773. The van der Waals surface area contributed by atoms with Gasteiger partial charge in [-0.05, 0) is 45.4 Å². The van der Waals surface area contributed by atoms with Gasteiger partial charge in [-0.2, -0.15) is 0 Å². The number of hydrogen-bond acceptors (Lipinski definition) is 3. The highest BCUT2D eigenvalue weighted by atomic mass is 35.5. The number of carbonyl (C=O) groups is 2. The number of ether oxygens (including phenoxy) is 1. The first-order valence-electron chi connectivity index (χ1n) is 7.14. The molecule has 1 aromatic rings. The number of nitrogens with zero attached hydrogens (tertiary/aromatic N) is 1. The Labute approximate surface area is 134 Å². The standard InChI is InChI=1S/C16H19ClFNO3/c1-16(2,3)22-15(21)19-7-6-11(9-19)14(20)10-4-5-13(18)12(17)8-10/h4-5,8,11H,6-7,9H2,1-3H3/t11-/m0/s1. The minimum Gasteiger partial charge on any atom is -0.444 e. The summed E-state index contributed by atoms with van der Waals surface area (Å²) in [5.41, 5.74) is -0.202. The van der Waals surface area contributed by atoms with Crippen molar-refractivity contribution in [1.82, 2.24) is 4.90 Å². The van der Waals surface area contributed by atoms with Crippen LogP contribution in [0.2, 0.25) is 5.02 Å². The first-order valence-corrected chi connectivity index (χ1v) is 7.52. The fraction of sp³-hybridized carbons (Fsp3) is 0.500. The second-order valence-electron chi connectivity index (χ2n) is 6.41. The van der Waals surface area contributed by atoms with E-state index >= 15 is 0 Å². The Morgan fingerprint density at radius 3 is 2.64 bits per heavy atom. The Hall–Kier alpha value is -1.62. The van der Waals surface area contributed by atoms with Gasteiger partial charge >= 0.3 is 6.09 Å². The van der Waals surface area contributed by atoms with Crippen molar-refractivity contribution >= 4 is 23.5 Å². The largest absolute Gasteiger partial charge is 0.444 e. The number of likely N-dealkylation sites (tertiary alicyclic amines) is 1. The van der Waals surface area contributed by atoms with Gasteiger partial charge in [-0.25, -0.2) is 9.18 Å². The van der Waals surface area contributed by atoms with Gasteiger partial charge in [0.05, 0.1) is 5.02 Å². The number of Topliss-reactive ketones (excluding diaryl/α,β-unsaturated/α-hetero) is 1. The summed E-state index contributed by atoms with van der Waals surface area (Å²) in [5, 5.41) is -0.0761. The molecule has 0 bridgehead atoms. The van der Waals surface area contributed by atoms with Crippen LogP contribution >= 0.6 is 11.6 Å². The van der Waals surface area contributed by atoms with E-state index in [0.717, 1.165) is 0 Å². The normalized spacial score (nSPS) is 18.4. The SMILES string of the molecule is CC(C)(C)OC(=O)N1CC[C@H](C(=O)c2ccc(F)c(Cl)c2)C1. The third-order valence-electron chi connectivity index (χ3n) is 3.41. The molecule has 1 amide bonds. The first kappa shape index (κ1) is 16.7. The number of ketones is 1. The average molecular weight is 328 g/mol. The maximum Gasteiger partial charge on any atom is 0.410 e. The van der Waals surface area contributed by atoms with E-state index in [0.29, 0.717) is 25.1 Å². The van der Waals surface area contributed by atoms with E-state index in [2.05, 4.69) is 0 Å². The number of amides is 1. The molecule has 0 saturated carbocycles. The third kappa shape index (κ3) is 3.97. The number of halogens is 2. The summed E-state index contributed by atoms with van der Waals surface area (Å²) in [6, 6.07) is 3.92. The van der Waals surface area contributed by atoms with Gasteiger partial charge in [0.2, 0.25) is 0 Å². The van der Waals surface area contributed by atoms with E-state index in [1.165, 1.54) is 23.1 Å². The fourth-order valence-corrected chi connectivity index (χ4v) is 2.53. The third-order valence-corrected chi connectivity index (χ3v) is 3.70. The van der Waals surface area contributed by atoms with Crippen LogP contribution in [0, 0.1) is 11.7 Å². The topological polar surface area (TPSA) is 46.6 Å². The van der Waals surface area contributed by atoms with Crippen molar-refractivity contribution in [2.45, 2.75) is 32.8 Å². The lowest BCUT2D eigenvalue weighted by atomic mass is 9.97. The summed E-state index contributed by atoms with van der Waals surface area (Å²) in [6.07, 6.45) is 0.146. The minimum absolute atomic E-state index is 0.0761. The van der Waals surface area contributed by atoms with Crippen molar-refractivity contribution in [2.24, 2.45) is 5.92 Å². The monoisotopic (exact) mass is 327 g/mol. The molecule has 6 heteroatoms. The van der Waals surface area contributed by atoms with E-state index < -0.39 is 17.5 Å². The molecular formula is C16H19ClFNO3. The average Bonchev–Trinajstić information content (AvgIpc) is 2.89. The van der Waals surface area contributed by atoms with Crippen LogP contribution in [0.15, 0.2) is 18.2 Å². The summed E-state index contributed by atoms with van der Waals surface area (Å²) in [5.74, 6) is -0.998. The van der Waals surface area contributed by atoms with Crippen molar-refractivity contribution in [1.29, 1.82) is 0 Å². The van der Waals surface area contributed by atoms with Gasteiger partial charge in [0, 0.05) is 24.6 Å². The van der Waals surface area contributed by atoms with E-state index in [4.69, 9.17) is 16.3 Å². The smallest absolute Gasteiger partial charge is 0.410 e. The molecule has 1 atom stereocenters. The molecule has 120 valence electrons. The van der Waals surface area contributed by atoms with Crippen LogP contribution in [0.3, 0.4) is 0 Å². The summed E-state index contributed by atoms with van der Waals surface area (Å²) >= 11 is 5.70. The highest BCUT2D eigenvalue weighted by Crippen LogP contribution is 2.25. The lowest BCUT2D eigenvalue weighted by Crippen LogP contribution is -2.35. The van der Waals surface area contributed by atoms with Crippen LogP contribution in [0.25, 0.3) is 0 Å². The summed E-state index contributed by atoms with van der Waals surface area (Å²) in [6.45, 7) is 6.17. The second kappa shape index (κ2) is 6.24. The van der Waals surface area contributed by atoms with Crippen LogP contribution in [0.1, 0.15) is 37.6 Å². The Morgan fingerprint density at radius 2 is 2.05 bits per heavy atom. The van der Waals surface area contributed by atoms with E-state index in [1.54, 1.807) is 20.8 Å². The summed E-state index contributed by atoms with van der Waals surface area (Å²) in [4.78, 5) is 25.9. The van der Waals surface area contributed by atoms with Crippen molar-refractivity contribution in [3.8, 4) is 0 Å². The molecule has 1 aromatic carbocycles. The molecule has 4 nitrogen and oxygen atoms in total. The van der Waals surface area contributed by atoms with E-state index in [-0.39, 0.29) is 16.7 Å². The number of hydrogen-bond donors (Lipinski definition) is 0. The number of benzene rings is 1. The van der Waals surface area contributed by atoms with Crippen molar-refractivity contribution < 1.29 is 18.7 Å². The van der Waals surface area contributed by atoms with Gasteiger partial charge in [-0.1, -0.05) is 11.6 Å². The molecule has 0 unspecified atom stereocenters. The maximum absolute atomic E-state index is 13.2. The lowest BCUT2D eigenvalue weighted by molar-refractivity contribution is 0.0289. The Kier molecular flexibility index (Phi) is 4.75. The molecule has 1 aliphatic rings. The molecule has 0 aromatic heterocycles. The zero-order chi connectivity index (χ0) is 16.5. The molecular weight excluding hydrogens is 309 g/mol. The molecule has 0 spiro atoms. The Morgan fingerprint density at radius 1 is 1.36 bits per heavy atom. The highest BCUT2D eigenvalue weighted by molar-refractivity contribution is 6.31. The predicted molar refractivity (Wildman–Crippen MR) is 81.7 cm³/mol. The second-order valence-corrected chi connectivity index (χ2v) is 6.81. The fourth-order valence-electron chi connectivity index (χ4n) is 2.35. The van der Waals surface area contributed by atoms with Crippen LogP contribution in [-0.2, 0) is 4.74 Å². The molecule has 0 radical (unpaired) electrons. The Balaban J connectivity index is 2.02. The number of carbonyl (C=O) groups excluding carboxylic acids is 2. The number of rotatable bonds is 2. The van der Waals surface area contributed by atoms with Crippen molar-refractivity contribution in [3.05, 3.63) is 34.6 Å². The molecule has 0 aliphatic carbocycles. The first-order chi connectivity index (χ1) is 10.2. The van der Waals surface area contributed by atoms with Gasteiger partial charge in [-0.15, -0.1) is 0 Å². The van der Waals surface area contributed by atoms with Crippen molar-refractivity contribution in [2.75, 3.05) is 13.1 Å². The molecule has 1 fully saturated rings. The van der Waals surface area contributed by atoms with Gasteiger partial charge < -0.3 is 9.64 Å². The van der Waals surface area contributed by atoms with Crippen molar-refractivity contribution in [3.63, 3.8) is 0 Å². The molecule has 1 saturated heterocycles. The van der Waals surface area contributed by atoms with Gasteiger partial charge in [-0.3, -0.25) is 4.79 Å². The van der Waals surface area contributed by atoms with Gasteiger partial charge in [0.15, 0.2) is 5.78 Å². The van der Waals surface area contributed by atoms with Crippen LogP contribution < -0.4 is 0 Å². The van der Waals surface area contributed by atoms with Crippen LogP contribution in [0.4, 0.5) is 9.18 Å². The molecule has 1 heterocycles. The van der Waals surface area contributed by atoms with E-state index in [1.807, 2.05) is 0 Å². The molecule has 1 aliphatic heterocycles. The minimum atomic E-state index is -0.566. The highest BCUT2D eigenvalue weighted by Gasteiger charge is 2.33. The molecule has 0 N–H and O–H groups in total. The predicted octanol–water partition coefficient (Wildman–Crippen LogP) is 3.92. The zero-order valence-electron chi connectivity index (χ0n) is 12.9. The van der Waals surface area contributed by atoms with Gasteiger partial charge in [0.25, 0.3) is 0 Å². The zero-order valence-corrected chi connectivity index (χ0v) is 13.6. The Bertz CT molecular complexity index is 598. The molecule has 2 rings (SSSR count). The van der Waals surface area contributed by atoms with Crippen LogP contribution in [-0.4, -0.2) is 35.5 Å².